The number of nitrogens with zero attached hydrogens (tertiary/aromatic N) is 3. The highest BCUT2D eigenvalue weighted by molar-refractivity contribution is 7.91. The van der Waals surface area contributed by atoms with E-state index in [1.54, 1.807) is 6.07 Å². The number of aromatic hydroxyl groups is 1. The van der Waals surface area contributed by atoms with Crippen molar-refractivity contribution in [1.29, 1.82) is 5.26 Å². The number of rotatable bonds is 4. The Kier molecular flexibility index (Phi) is 5.55. The van der Waals surface area contributed by atoms with Crippen molar-refractivity contribution in [3.05, 3.63) is 51.3 Å². The van der Waals surface area contributed by atoms with Crippen LogP contribution in [0.4, 0.5) is 5.69 Å². The summed E-state index contributed by atoms with van der Waals surface area (Å²) in [6, 6.07) is 6.34. The Morgan fingerprint density at radius 1 is 1.33 bits per heavy atom. The first kappa shape index (κ1) is 21.7. The molecular formula is C18H18N4O6S2. The average molecular weight is 450 g/mol. The molecular weight excluding hydrogens is 432 g/mol. The quantitative estimate of drug-likeness (QED) is 0.638. The predicted molar refractivity (Wildman–Crippen MR) is 109 cm³/mol. The lowest BCUT2D eigenvalue weighted by Crippen LogP contribution is -2.29. The fourth-order valence-electron chi connectivity index (χ4n) is 3.27. The molecule has 0 aliphatic carbocycles. The Morgan fingerprint density at radius 3 is 2.47 bits per heavy atom. The third-order valence-electron chi connectivity index (χ3n) is 4.87. The molecule has 3 N–H and O–H groups in total. The summed E-state index contributed by atoms with van der Waals surface area (Å²) in [4.78, 5) is 16.7. The van der Waals surface area contributed by atoms with Crippen LogP contribution in [0, 0.1) is 18.3 Å². The van der Waals surface area contributed by atoms with Crippen molar-refractivity contribution >= 4 is 31.8 Å². The number of primary sulfonamides is 1. The molecule has 1 unspecified atom stereocenters. The predicted octanol–water partition coefficient (Wildman–Crippen LogP) is 0.492. The summed E-state index contributed by atoms with van der Waals surface area (Å²) in [5.74, 6) is -0.900. The van der Waals surface area contributed by atoms with Gasteiger partial charge in [-0.3, -0.25) is 14.4 Å². The van der Waals surface area contributed by atoms with Gasteiger partial charge in [-0.2, -0.15) is 5.26 Å². The third-order valence-corrected chi connectivity index (χ3v) is 7.55. The molecule has 1 saturated heterocycles. The van der Waals surface area contributed by atoms with E-state index in [-0.39, 0.29) is 39.5 Å². The van der Waals surface area contributed by atoms with Crippen LogP contribution in [0.5, 0.6) is 5.88 Å². The van der Waals surface area contributed by atoms with Gasteiger partial charge in [-0.05, 0) is 43.2 Å². The number of hydrogen-bond donors (Lipinski definition) is 2. The van der Waals surface area contributed by atoms with E-state index in [0.29, 0.717) is 5.69 Å². The molecule has 2 heterocycles. The van der Waals surface area contributed by atoms with E-state index in [9.17, 15) is 32.0 Å². The van der Waals surface area contributed by atoms with Crippen LogP contribution in [0.25, 0.3) is 0 Å². The molecule has 3 rings (SSSR count). The van der Waals surface area contributed by atoms with Gasteiger partial charge < -0.3 is 5.11 Å². The van der Waals surface area contributed by atoms with Gasteiger partial charge in [0, 0.05) is 6.21 Å². The number of sulfonamides is 1. The maximum Gasteiger partial charge on any atom is 0.271 e. The highest BCUT2D eigenvalue weighted by atomic mass is 32.2. The molecule has 0 radical (unpaired) electrons. The Morgan fingerprint density at radius 2 is 1.97 bits per heavy atom. The highest BCUT2D eigenvalue weighted by Gasteiger charge is 2.33. The van der Waals surface area contributed by atoms with Gasteiger partial charge in [0.25, 0.3) is 5.56 Å². The normalized spacial score (nSPS) is 18.5. The summed E-state index contributed by atoms with van der Waals surface area (Å²) < 4.78 is 47.2. The second-order valence-electron chi connectivity index (χ2n) is 6.88. The molecule has 1 aromatic carbocycles. The Hall–Kier alpha value is -3.01. The van der Waals surface area contributed by atoms with Gasteiger partial charge >= 0.3 is 0 Å². The van der Waals surface area contributed by atoms with Crippen molar-refractivity contribution in [3.63, 3.8) is 0 Å². The molecule has 1 aromatic heterocycles. The van der Waals surface area contributed by atoms with Crippen molar-refractivity contribution in [3.8, 4) is 11.9 Å². The summed E-state index contributed by atoms with van der Waals surface area (Å²) in [6.45, 7) is 1.47. The highest BCUT2D eigenvalue weighted by Crippen LogP contribution is 2.30. The first-order valence-corrected chi connectivity index (χ1v) is 12.1. The van der Waals surface area contributed by atoms with E-state index in [4.69, 9.17) is 5.14 Å². The molecule has 2 aromatic rings. The number of pyridine rings is 1. The van der Waals surface area contributed by atoms with Crippen LogP contribution in [-0.2, 0) is 19.9 Å². The minimum absolute atomic E-state index is 0.0889. The zero-order valence-corrected chi connectivity index (χ0v) is 17.4. The molecule has 0 amide bonds. The third kappa shape index (κ3) is 4.13. The number of benzene rings is 1. The van der Waals surface area contributed by atoms with E-state index >= 15 is 0 Å². The van der Waals surface area contributed by atoms with Gasteiger partial charge in [0.2, 0.25) is 15.9 Å². The standard InChI is InChI=1S/C18H18N4O6S2/c1-11-15(8-19)17(23)22(13-6-7-29(25,26)10-13)18(24)16(11)9-21-12-2-4-14(5-3-12)30(20,27)28/h2-5,9,13,24H,6-7,10H2,1H3,(H2,20,27,28). The van der Waals surface area contributed by atoms with E-state index in [2.05, 4.69) is 4.99 Å². The van der Waals surface area contributed by atoms with Crippen molar-refractivity contribution in [2.75, 3.05) is 11.5 Å². The first-order valence-electron chi connectivity index (χ1n) is 8.70. The molecule has 1 aliphatic rings. The molecule has 0 saturated carbocycles. The van der Waals surface area contributed by atoms with Crippen LogP contribution in [0.2, 0.25) is 0 Å². The maximum absolute atomic E-state index is 12.7. The minimum Gasteiger partial charge on any atom is -0.494 e. The molecule has 1 fully saturated rings. The Bertz CT molecular complexity index is 1350. The fraction of sp³-hybridized carbons (Fsp3) is 0.278. The zero-order chi connectivity index (χ0) is 22.3. The second kappa shape index (κ2) is 7.67. The largest absolute Gasteiger partial charge is 0.494 e. The van der Waals surface area contributed by atoms with Gasteiger partial charge in [-0.1, -0.05) is 0 Å². The molecule has 1 atom stereocenters. The van der Waals surface area contributed by atoms with Crippen LogP contribution in [0.1, 0.15) is 29.2 Å². The lowest BCUT2D eigenvalue weighted by atomic mass is 10.0. The summed E-state index contributed by atoms with van der Waals surface area (Å²) >= 11 is 0. The van der Waals surface area contributed by atoms with Gasteiger partial charge in [0.05, 0.1) is 33.7 Å². The van der Waals surface area contributed by atoms with E-state index in [0.717, 1.165) is 4.57 Å². The maximum atomic E-state index is 12.7. The average Bonchev–Trinajstić information content (AvgIpc) is 3.01. The molecule has 10 nitrogen and oxygen atoms in total. The smallest absolute Gasteiger partial charge is 0.271 e. The van der Waals surface area contributed by atoms with Gasteiger partial charge in [0.15, 0.2) is 9.84 Å². The van der Waals surface area contributed by atoms with E-state index in [1.165, 1.54) is 37.4 Å². The topological polar surface area (TPSA) is 173 Å². The van der Waals surface area contributed by atoms with E-state index < -0.39 is 37.3 Å². The van der Waals surface area contributed by atoms with Gasteiger partial charge in [-0.15, -0.1) is 0 Å². The van der Waals surface area contributed by atoms with Gasteiger partial charge in [0.1, 0.15) is 11.6 Å². The summed E-state index contributed by atoms with van der Waals surface area (Å²) in [5.41, 5.74) is -0.360. The molecule has 0 spiro atoms. The molecule has 1 aliphatic heterocycles. The van der Waals surface area contributed by atoms with Crippen molar-refractivity contribution in [1.82, 2.24) is 4.57 Å². The molecule has 30 heavy (non-hydrogen) atoms. The fourth-order valence-corrected chi connectivity index (χ4v) is 5.49. The minimum atomic E-state index is -3.85. The Balaban J connectivity index is 2.09. The number of aliphatic imine (C=N–C) groups is 1. The number of aromatic nitrogens is 1. The zero-order valence-electron chi connectivity index (χ0n) is 15.8. The summed E-state index contributed by atoms with van der Waals surface area (Å²) in [6.07, 6.45) is 1.38. The van der Waals surface area contributed by atoms with Crippen molar-refractivity contribution in [2.24, 2.45) is 10.1 Å². The number of sulfone groups is 1. The van der Waals surface area contributed by atoms with Crippen LogP contribution in [0.3, 0.4) is 0 Å². The number of hydrogen-bond acceptors (Lipinski definition) is 8. The van der Waals surface area contributed by atoms with Crippen LogP contribution >= 0.6 is 0 Å². The monoisotopic (exact) mass is 450 g/mol. The second-order valence-corrected chi connectivity index (χ2v) is 10.7. The number of nitriles is 1. The molecule has 0 bridgehead atoms. The number of nitrogens with two attached hydrogens (primary N) is 1. The molecule has 12 heteroatoms. The Labute approximate surface area is 172 Å². The summed E-state index contributed by atoms with van der Waals surface area (Å²) in [5, 5.41) is 25.1. The first-order chi connectivity index (χ1) is 13.9. The van der Waals surface area contributed by atoms with E-state index in [1.807, 2.05) is 0 Å². The SMILES string of the molecule is Cc1c(C=Nc2ccc(S(N)(=O)=O)cc2)c(O)n(C2CCS(=O)(=O)C2)c(=O)c1C#N. The van der Waals surface area contributed by atoms with Gasteiger partial charge in [-0.25, -0.2) is 22.0 Å². The van der Waals surface area contributed by atoms with Crippen LogP contribution in [-0.4, -0.2) is 44.2 Å². The molecule has 158 valence electrons. The van der Waals surface area contributed by atoms with Crippen molar-refractivity contribution < 1.29 is 21.9 Å². The lowest BCUT2D eigenvalue weighted by Gasteiger charge is -2.18. The van der Waals surface area contributed by atoms with Crippen LogP contribution in [0.15, 0.2) is 38.9 Å². The summed E-state index contributed by atoms with van der Waals surface area (Å²) in [7, 11) is -7.19. The van der Waals surface area contributed by atoms with Crippen LogP contribution < -0.4 is 10.7 Å². The van der Waals surface area contributed by atoms with Crippen molar-refractivity contribution in [2.45, 2.75) is 24.3 Å². The lowest BCUT2D eigenvalue weighted by molar-refractivity contribution is 0.379.